The van der Waals surface area contributed by atoms with Gasteiger partial charge in [0, 0.05) is 25.3 Å². The molecule has 0 saturated carbocycles. The fourth-order valence-corrected chi connectivity index (χ4v) is 2.95. The molecule has 21 heavy (non-hydrogen) atoms. The number of aliphatic carboxylic acids is 1. The van der Waals surface area contributed by atoms with Crippen LogP contribution in [0.25, 0.3) is 0 Å². The Labute approximate surface area is 129 Å². The Hall–Kier alpha value is -1.24. The lowest BCUT2D eigenvalue weighted by Crippen LogP contribution is -2.52. The predicted octanol–water partition coefficient (Wildman–Crippen LogP) is 1.10. The minimum absolute atomic E-state index is 0.0421. The second-order valence-corrected chi connectivity index (χ2v) is 6.19. The molecule has 7 heteroatoms. The van der Waals surface area contributed by atoms with Crippen LogP contribution in [-0.4, -0.2) is 58.4 Å². The van der Waals surface area contributed by atoms with E-state index in [9.17, 15) is 14.4 Å². The average molecular weight is 316 g/mol. The van der Waals surface area contributed by atoms with Gasteiger partial charge in [-0.2, -0.15) is 0 Å². The van der Waals surface area contributed by atoms with Gasteiger partial charge in [0.15, 0.2) is 0 Å². The first-order valence-corrected chi connectivity index (χ1v) is 8.58. The van der Waals surface area contributed by atoms with Gasteiger partial charge in [-0.25, -0.2) is 0 Å². The largest absolute Gasteiger partial charge is 0.481 e. The summed E-state index contributed by atoms with van der Waals surface area (Å²) < 4.78 is 0. The van der Waals surface area contributed by atoms with Crippen LogP contribution in [0.2, 0.25) is 0 Å². The Morgan fingerprint density at radius 1 is 1.33 bits per heavy atom. The number of rotatable bonds is 8. The van der Waals surface area contributed by atoms with Crippen LogP contribution >= 0.6 is 11.8 Å². The van der Waals surface area contributed by atoms with Gasteiger partial charge in [0.25, 0.3) is 0 Å². The number of amides is 2. The molecule has 0 aromatic heterocycles. The van der Waals surface area contributed by atoms with E-state index < -0.39 is 5.97 Å². The zero-order valence-electron chi connectivity index (χ0n) is 12.5. The predicted molar refractivity (Wildman–Crippen MR) is 82.2 cm³/mol. The molecule has 2 N–H and O–H groups in total. The summed E-state index contributed by atoms with van der Waals surface area (Å²) in [5, 5.41) is 11.3. The van der Waals surface area contributed by atoms with Gasteiger partial charge < -0.3 is 15.3 Å². The molecule has 0 aliphatic carbocycles. The highest BCUT2D eigenvalue weighted by atomic mass is 32.2. The number of nitrogens with one attached hydrogen (secondary N) is 1. The molecule has 6 nitrogen and oxygen atoms in total. The highest BCUT2D eigenvalue weighted by molar-refractivity contribution is 7.99. The lowest BCUT2D eigenvalue weighted by Gasteiger charge is -2.34. The molecule has 1 rings (SSSR count). The van der Waals surface area contributed by atoms with Gasteiger partial charge in [0.1, 0.15) is 6.04 Å². The number of thioether (sulfide) groups is 1. The molecular weight excluding hydrogens is 292 g/mol. The van der Waals surface area contributed by atoms with Crippen molar-refractivity contribution in [3.63, 3.8) is 0 Å². The Bertz CT molecular complexity index is 376. The van der Waals surface area contributed by atoms with E-state index in [0.29, 0.717) is 31.7 Å². The van der Waals surface area contributed by atoms with E-state index in [0.717, 1.165) is 19.3 Å². The normalized spacial score (nSPS) is 18.3. The van der Waals surface area contributed by atoms with Crippen molar-refractivity contribution >= 4 is 29.5 Å². The van der Waals surface area contributed by atoms with Crippen molar-refractivity contribution in [2.75, 3.05) is 24.6 Å². The van der Waals surface area contributed by atoms with Crippen molar-refractivity contribution in [2.45, 2.75) is 45.1 Å². The van der Waals surface area contributed by atoms with Gasteiger partial charge in [-0.15, -0.1) is 11.8 Å². The third-order valence-electron chi connectivity index (χ3n) is 3.36. The van der Waals surface area contributed by atoms with E-state index in [1.807, 2.05) is 6.92 Å². The van der Waals surface area contributed by atoms with Crippen molar-refractivity contribution in [1.29, 1.82) is 0 Å². The van der Waals surface area contributed by atoms with E-state index in [1.165, 1.54) is 11.8 Å². The first-order chi connectivity index (χ1) is 10.1. The zero-order chi connectivity index (χ0) is 15.7. The molecule has 1 aliphatic heterocycles. The van der Waals surface area contributed by atoms with Gasteiger partial charge in [-0.3, -0.25) is 14.4 Å². The van der Waals surface area contributed by atoms with Crippen LogP contribution in [0.1, 0.15) is 39.0 Å². The minimum Gasteiger partial charge on any atom is -0.481 e. The highest BCUT2D eigenvalue weighted by Crippen LogP contribution is 2.18. The van der Waals surface area contributed by atoms with Crippen LogP contribution in [0.5, 0.6) is 0 Å². The summed E-state index contributed by atoms with van der Waals surface area (Å²) in [5.74, 6) is -0.309. The maximum Gasteiger partial charge on any atom is 0.313 e. The number of carbonyl (C=O) groups is 3. The first-order valence-electron chi connectivity index (χ1n) is 7.43. The molecule has 2 amide bonds. The van der Waals surface area contributed by atoms with Crippen LogP contribution in [0, 0.1) is 0 Å². The van der Waals surface area contributed by atoms with Crippen LogP contribution in [0.3, 0.4) is 0 Å². The van der Waals surface area contributed by atoms with Gasteiger partial charge in [-0.1, -0.05) is 6.92 Å². The molecule has 1 atom stereocenters. The van der Waals surface area contributed by atoms with Crippen molar-refractivity contribution in [3.05, 3.63) is 0 Å². The average Bonchev–Trinajstić information content (AvgIpc) is 2.46. The molecule has 120 valence electrons. The van der Waals surface area contributed by atoms with E-state index in [4.69, 9.17) is 5.11 Å². The topological polar surface area (TPSA) is 86.7 Å². The van der Waals surface area contributed by atoms with Crippen LogP contribution in [-0.2, 0) is 14.4 Å². The Kier molecular flexibility index (Phi) is 8.19. The molecule has 0 radical (unpaired) electrons. The smallest absolute Gasteiger partial charge is 0.313 e. The maximum absolute atomic E-state index is 12.2. The summed E-state index contributed by atoms with van der Waals surface area (Å²) in [6.07, 6.45) is 3.90. The molecule has 0 spiro atoms. The van der Waals surface area contributed by atoms with Crippen LogP contribution in [0.4, 0.5) is 0 Å². The second-order valence-electron chi connectivity index (χ2n) is 5.09. The summed E-state index contributed by atoms with van der Waals surface area (Å²) in [7, 11) is 0. The van der Waals surface area contributed by atoms with Crippen molar-refractivity contribution in [2.24, 2.45) is 0 Å². The molecular formula is C14H24N2O4S. The van der Waals surface area contributed by atoms with Crippen molar-refractivity contribution < 1.29 is 19.5 Å². The fraction of sp³-hybridized carbons (Fsp3) is 0.786. The number of hydrogen-bond acceptors (Lipinski definition) is 4. The lowest BCUT2D eigenvalue weighted by molar-refractivity contribution is -0.142. The van der Waals surface area contributed by atoms with Crippen molar-refractivity contribution in [1.82, 2.24) is 10.2 Å². The third-order valence-corrected chi connectivity index (χ3v) is 4.30. The number of carboxylic acid groups (broad SMARTS) is 1. The Morgan fingerprint density at radius 3 is 2.76 bits per heavy atom. The number of piperidine rings is 1. The molecule has 0 aromatic carbocycles. The number of carboxylic acids is 1. The zero-order valence-corrected chi connectivity index (χ0v) is 13.3. The molecule has 1 fully saturated rings. The van der Waals surface area contributed by atoms with Gasteiger partial charge in [-0.05, 0) is 25.7 Å². The standard InChI is InChI=1S/C14H24N2O4S/c1-2-5-12(17)16-8-4-3-6-11(16)14(20)15-7-9-21-10-13(18)19/h11H,2-10H2,1H3,(H,15,20)(H,18,19). The van der Waals surface area contributed by atoms with Crippen LogP contribution in [0.15, 0.2) is 0 Å². The minimum atomic E-state index is -0.852. The third kappa shape index (κ3) is 6.37. The Morgan fingerprint density at radius 2 is 2.10 bits per heavy atom. The van der Waals surface area contributed by atoms with Crippen molar-refractivity contribution in [3.8, 4) is 0 Å². The van der Waals surface area contributed by atoms with E-state index >= 15 is 0 Å². The Balaban J connectivity index is 2.38. The van der Waals surface area contributed by atoms with E-state index in [-0.39, 0.29) is 23.6 Å². The fourth-order valence-electron chi connectivity index (χ4n) is 2.38. The second kappa shape index (κ2) is 9.65. The molecule has 1 unspecified atom stereocenters. The maximum atomic E-state index is 12.2. The summed E-state index contributed by atoms with van der Waals surface area (Å²) in [4.78, 5) is 36.3. The van der Waals surface area contributed by atoms with Gasteiger partial charge in [0.2, 0.25) is 11.8 Å². The molecule has 1 saturated heterocycles. The number of likely N-dealkylation sites (tertiary alicyclic amines) is 1. The summed E-state index contributed by atoms with van der Waals surface area (Å²) in [5.41, 5.74) is 0. The molecule has 1 aliphatic rings. The first kappa shape index (κ1) is 17.8. The quantitative estimate of drug-likeness (QED) is 0.655. The van der Waals surface area contributed by atoms with Crippen LogP contribution < -0.4 is 5.32 Å². The number of carbonyl (C=O) groups excluding carboxylic acids is 2. The highest BCUT2D eigenvalue weighted by Gasteiger charge is 2.31. The summed E-state index contributed by atoms with van der Waals surface area (Å²) in [6.45, 7) is 3.05. The van der Waals surface area contributed by atoms with Gasteiger partial charge >= 0.3 is 5.97 Å². The van der Waals surface area contributed by atoms with E-state index in [2.05, 4.69) is 5.32 Å². The van der Waals surface area contributed by atoms with E-state index in [1.54, 1.807) is 4.90 Å². The molecule has 0 aromatic rings. The SMILES string of the molecule is CCCC(=O)N1CCCCC1C(=O)NCCSCC(=O)O. The molecule has 1 heterocycles. The number of hydrogen-bond donors (Lipinski definition) is 2. The van der Waals surface area contributed by atoms with Gasteiger partial charge in [0.05, 0.1) is 5.75 Å². The lowest BCUT2D eigenvalue weighted by atomic mass is 10.0. The monoisotopic (exact) mass is 316 g/mol. The summed E-state index contributed by atoms with van der Waals surface area (Å²) >= 11 is 1.27. The summed E-state index contributed by atoms with van der Waals surface area (Å²) in [6, 6.07) is -0.359. The molecule has 0 bridgehead atoms. The number of nitrogens with zero attached hydrogens (tertiary/aromatic N) is 1.